The van der Waals surface area contributed by atoms with Crippen molar-refractivity contribution in [3.63, 3.8) is 0 Å². The van der Waals surface area contributed by atoms with Crippen molar-refractivity contribution in [2.75, 3.05) is 32.5 Å². The van der Waals surface area contributed by atoms with Crippen LogP contribution in [-0.2, 0) is 9.59 Å². The van der Waals surface area contributed by atoms with Gasteiger partial charge in [0, 0.05) is 5.69 Å². The van der Waals surface area contributed by atoms with Crippen molar-refractivity contribution in [3.05, 3.63) is 30.1 Å². The van der Waals surface area contributed by atoms with Crippen molar-refractivity contribution in [3.8, 4) is 0 Å². The predicted octanol–water partition coefficient (Wildman–Crippen LogP) is 1.15. The maximum Gasteiger partial charge on any atom is 0.321 e. The van der Waals surface area contributed by atoms with Gasteiger partial charge in [-0.15, -0.1) is 0 Å². The first kappa shape index (κ1) is 18.1. The average Bonchev–Trinajstić information content (AvgIpc) is 2.41. The van der Waals surface area contributed by atoms with Crippen molar-refractivity contribution >= 4 is 17.6 Å². The zero-order valence-corrected chi connectivity index (χ0v) is 12.8. The molecule has 0 aliphatic carbocycles. The monoisotopic (exact) mass is 311 g/mol. The molecule has 6 nitrogen and oxygen atoms in total. The van der Waals surface area contributed by atoms with E-state index in [1.165, 1.54) is 18.2 Å². The second kappa shape index (κ2) is 9.11. The van der Waals surface area contributed by atoms with Gasteiger partial charge in [-0.1, -0.05) is 6.07 Å². The molecule has 0 fully saturated rings. The van der Waals surface area contributed by atoms with E-state index >= 15 is 0 Å². The first-order valence-corrected chi connectivity index (χ1v) is 7.05. The molecule has 7 heteroatoms. The Morgan fingerprint density at radius 3 is 2.68 bits per heavy atom. The highest BCUT2D eigenvalue weighted by Gasteiger charge is 2.20. The minimum absolute atomic E-state index is 0.214. The highest BCUT2D eigenvalue weighted by molar-refractivity contribution is 5.94. The second-order valence-corrected chi connectivity index (χ2v) is 5.26. The molecule has 0 bridgehead atoms. The summed E-state index contributed by atoms with van der Waals surface area (Å²) in [5.74, 6) is -2.02. The number of benzene rings is 1. The molecule has 0 saturated heterocycles. The largest absolute Gasteiger partial charge is 0.480 e. The third-order valence-corrected chi connectivity index (χ3v) is 2.97. The number of hydrogen-bond acceptors (Lipinski definition) is 4. The molecule has 1 atom stereocenters. The number of carboxylic acids is 1. The Balaban J connectivity index is 2.45. The van der Waals surface area contributed by atoms with Crippen molar-refractivity contribution in [2.24, 2.45) is 0 Å². The number of nitrogens with one attached hydrogen (secondary N) is 2. The Hall–Kier alpha value is -1.99. The van der Waals surface area contributed by atoms with Gasteiger partial charge in [0.05, 0.1) is 6.42 Å². The van der Waals surface area contributed by atoms with E-state index in [0.29, 0.717) is 12.2 Å². The number of halogens is 1. The lowest BCUT2D eigenvalue weighted by Gasteiger charge is -2.15. The lowest BCUT2D eigenvalue weighted by molar-refractivity contribution is -0.141. The number of carbonyl (C=O) groups is 2. The van der Waals surface area contributed by atoms with Gasteiger partial charge in [0.2, 0.25) is 5.91 Å². The van der Waals surface area contributed by atoms with Gasteiger partial charge in [-0.2, -0.15) is 0 Å². The van der Waals surface area contributed by atoms with E-state index in [1.54, 1.807) is 6.07 Å². The molecule has 0 aliphatic rings. The van der Waals surface area contributed by atoms with Gasteiger partial charge in [-0.05, 0) is 51.8 Å². The average molecular weight is 311 g/mol. The minimum atomic E-state index is -1.08. The molecule has 22 heavy (non-hydrogen) atoms. The first-order valence-electron chi connectivity index (χ1n) is 7.05. The molecule has 1 amide bonds. The van der Waals surface area contributed by atoms with Crippen LogP contribution in [-0.4, -0.2) is 55.1 Å². The summed E-state index contributed by atoms with van der Waals surface area (Å²) >= 11 is 0. The van der Waals surface area contributed by atoms with Crippen molar-refractivity contribution in [1.29, 1.82) is 0 Å². The molecule has 0 saturated carbocycles. The number of amides is 1. The quantitative estimate of drug-likeness (QED) is 0.596. The van der Waals surface area contributed by atoms with Gasteiger partial charge in [0.25, 0.3) is 0 Å². The minimum Gasteiger partial charge on any atom is -0.480 e. The van der Waals surface area contributed by atoms with E-state index in [1.807, 2.05) is 19.0 Å². The summed E-state index contributed by atoms with van der Waals surface area (Å²) in [6.07, 6.45) is 0.566. The van der Waals surface area contributed by atoms with Crippen LogP contribution in [0.2, 0.25) is 0 Å². The molecular weight excluding hydrogens is 289 g/mol. The molecule has 3 N–H and O–H groups in total. The fraction of sp³-hybridized carbons (Fsp3) is 0.467. The van der Waals surface area contributed by atoms with E-state index < -0.39 is 23.7 Å². The molecule has 122 valence electrons. The summed E-state index contributed by atoms with van der Waals surface area (Å²) in [5.41, 5.74) is 0.307. The van der Waals surface area contributed by atoms with Crippen LogP contribution in [0.3, 0.4) is 0 Å². The topological polar surface area (TPSA) is 81.7 Å². The van der Waals surface area contributed by atoms with Crippen LogP contribution in [0, 0.1) is 5.82 Å². The summed E-state index contributed by atoms with van der Waals surface area (Å²) in [5, 5.41) is 14.5. The lowest BCUT2D eigenvalue weighted by atomic mass is 10.2. The van der Waals surface area contributed by atoms with E-state index in [-0.39, 0.29) is 6.42 Å². The van der Waals surface area contributed by atoms with E-state index in [9.17, 15) is 14.0 Å². The summed E-state index contributed by atoms with van der Waals surface area (Å²) < 4.78 is 13.0. The number of anilines is 1. The van der Waals surface area contributed by atoms with Crippen molar-refractivity contribution in [2.45, 2.75) is 18.9 Å². The van der Waals surface area contributed by atoms with Crippen molar-refractivity contribution in [1.82, 2.24) is 10.2 Å². The fourth-order valence-corrected chi connectivity index (χ4v) is 1.88. The summed E-state index contributed by atoms with van der Waals surface area (Å²) in [6.45, 7) is 1.33. The lowest BCUT2D eigenvalue weighted by Crippen LogP contribution is -2.40. The molecule has 0 aromatic heterocycles. The Morgan fingerprint density at radius 2 is 2.09 bits per heavy atom. The predicted molar refractivity (Wildman–Crippen MR) is 82.2 cm³/mol. The molecule has 0 spiro atoms. The van der Waals surface area contributed by atoms with Crippen LogP contribution < -0.4 is 10.6 Å². The van der Waals surface area contributed by atoms with Crippen LogP contribution in [0.25, 0.3) is 0 Å². The molecule has 1 aromatic rings. The van der Waals surface area contributed by atoms with E-state index in [0.717, 1.165) is 13.0 Å². The molecule has 0 unspecified atom stereocenters. The Bertz CT molecular complexity index is 509. The highest BCUT2D eigenvalue weighted by Crippen LogP contribution is 2.09. The van der Waals surface area contributed by atoms with E-state index in [4.69, 9.17) is 5.11 Å². The highest BCUT2D eigenvalue weighted by atomic mass is 19.1. The van der Waals surface area contributed by atoms with Gasteiger partial charge in [-0.25, -0.2) is 4.39 Å². The maximum absolute atomic E-state index is 13.0. The number of rotatable bonds is 9. The Kier molecular flexibility index (Phi) is 7.48. The van der Waals surface area contributed by atoms with Gasteiger partial charge >= 0.3 is 5.97 Å². The van der Waals surface area contributed by atoms with Crippen molar-refractivity contribution < 1.29 is 19.1 Å². The fourth-order valence-electron chi connectivity index (χ4n) is 1.88. The summed E-state index contributed by atoms with van der Waals surface area (Å²) in [7, 11) is 3.86. The maximum atomic E-state index is 13.0. The second-order valence-electron chi connectivity index (χ2n) is 5.26. The van der Waals surface area contributed by atoms with E-state index in [2.05, 4.69) is 10.6 Å². The van der Waals surface area contributed by atoms with Gasteiger partial charge in [0.1, 0.15) is 11.9 Å². The zero-order chi connectivity index (χ0) is 16.5. The third-order valence-electron chi connectivity index (χ3n) is 2.97. The van der Waals surface area contributed by atoms with Crippen LogP contribution in [0.4, 0.5) is 10.1 Å². The van der Waals surface area contributed by atoms with Gasteiger partial charge < -0.3 is 20.6 Å². The zero-order valence-electron chi connectivity index (χ0n) is 12.8. The molecule has 0 radical (unpaired) electrons. The number of nitrogens with zero attached hydrogens (tertiary/aromatic N) is 1. The molecule has 0 aliphatic heterocycles. The normalized spacial score (nSPS) is 12.2. The smallest absolute Gasteiger partial charge is 0.321 e. The van der Waals surface area contributed by atoms with Crippen LogP contribution >= 0.6 is 0 Å². The van der Waals surface area contributed by atoms with Crippen LogP contribution in [0.1, 0.15) is 12.8 Å². The first-order chi connectivity index (χ1) is 10.4. The standard InChI is InChI=1S/C15H22FN3O3/c1-19(2)8-4-7-17-13(15(21)22)10-14(20)18-12-6-3-5-11(16)9-12/h3,5-6,9,13,17H,4,7-8,10H2,1-2H3,(H,18,20)(H,21,22)/t13-/m1/s1. The summed E-state index contributed by atoms with van der Waals surface area (Å²) in [6, 6.07) is 4.50. The number of carboxylic acid groups (broad SMARTS) is 1. The SMILES string of the molecule is CN(C)CCCN[C@H](CC(=O)Nc1cccc(F)c1)C(=O)O. The molecule has 1 rings (SSSR count). The molecule has 1 aromatic carbocycles. The number of hydrogen-bond donors (Lipinski definition) is 3. The number of aliphatic carboxylic acids is 1. The van der Waals surface area contributed by atoms with Gasteiger partial charge in [-0.3, -0.25) is 9.59 Å². The summed E-state index contributed by atoms with van der Waals surface area (Å²) in [4.78, 5) is 25.0. The molecular formula is C15H22FN3O3. The van der Waals surface area contributed by atoms with Gasteiger partial charge in [0.15, 0.2) is 0 Å². The van der Waals surface area contributed by atoms with Crippen LogP contribution in [0.5, 0.6) is 0 Å². The number of carbonyl (C=O) groups excluding carboxylic acids is 1. The third kappa shape index (κ3) is 7.14. The van der Waals surface area contributed by atoms with Crippen LogP contribution in [0.15, 0.2) is 24.3 Å². The molecule has 0 heterocycles. The Morgan fingerprint density at radius 1 is 1.36 bits per heavy atom. The Labute approximate surface area is 129 Å².